The van der Waals surface area contributed by atoms with Crippen LogP contribution in [0.4, 0.5) is 0 Å². The van der Waals surface area contributed by atoms with Gasteiger partial charge in [-0.1, -0.05) is 170 Å². The van der Waals surface area contributed by atoms with E-state index in [2.05, 4.69) is 275 Å². The van der Waals surface area contributed by atoms with Crippen molar-refractivity contribution in [3.63, 3.8) is 0 Å². The molecular formula is C90H78Au4N2P4+4. The molecule has 0 radical (unpaired) electrons. The summed E-state index contributed by atoms with van der Waals surface area (Å²) in [5, 5.41) is 16.7. The molecule has 0 spiro atoms. The molecule has 14 rings (SSSR count). The van der Waals surface area contributed by atoms with Crippen LogP contribution in [0.2, 0.25) is 0 Å². The number of hydrogen-bond acceptors (Lipinski definition) is 0. The van der Waals surface area contributed by atoms with Crippen LogP contribution in [0.5, 0.6) is 0 Å². The zero-order valence-corrected chi connectivity index (χ0v) is 68.4. The van der Waals surface area contributed by atoms with E-state index in [4.69, 9.17) is 25.7 Å². The van der Waals surface area contributed by atoms with Crippen molar-refractivity contribution < 1.29 is 89.5 Å². The van der Waals surface area contributed by atoms with Crippen molar-refractivity contribution in [2.45, 2.75) is 25.7 Å². The predicted molar refractivity (Wildman–Crippen MR) is 426 cm³/mol. The molecule has 0 bridgehead atoms. The molecule has 14 aromatic rings. The maximum atomic E-state index is 7.21. The molecule has 12 aromatic carbocycles. The topological polar surface area (TPSA) is 9.86 Å². The van der Waals surface area contributed by atoms with Gasteiger partial charge in [-0.2, -0.15) is 0 Å². The summed E-state index contributed by atoms with van der Waals surface area (Å²) in [4.78, 5) is 0. The van der Waals surface area contributed by atoms with E-state index < -0.39 is 31.7 Å². The van der Waals surface area contributed by atoms with Crippen LogP contribution in [0.25, 0.3) is 43.6 Å². The van der Waals surface area contributed by atoms with E-state index in [0.29, 0.717) is 0 Å². The largest absolute Gasteiger partial charge is 1.00 e. The quantitative estimate of drug-likeness (QED) is 0.0266. The standard InChI is InChI=1S/2C28H28P2.2C17H9N.4Au/c2*1-5-15-25(16-6-1)29(26-17-7-2-8-18-26)23-13-14-24-30(27-19-9-3-10-20-27)28-21-11-4-12-22-28;2*1-4-12-7-9-16-15(10-12)14-8-6-13(5-2)11-17(14)18(16)3;;;;/h2*1-12,15-22H,13-14,23-24H2;2*6-11H,3H3;;;;/q;;2*-2;4*+1/p+4. The zero-order chi connectivity index (χ0) is 66.3. The van der Waals surface area contributed by atoms with Gasteiger partial charge in [-0.3, -0.25) is 23.7 Å². The van der Waals surface area contributed by atoms with E-state index in [1.165, 1.54) is 92.8 Å². The Balaban J connectivity index is 0.000000190. The van der Waals surface area contributed by atoms with Crippen LogP contribution in [0.15, 0.2) is 315 Å². The molecule has 2 aromatic heterocycles. The molecule has 0 saturated carbocycles. The fourth-order valence-electron chi connectivity index (χ4n) is 12.9. The van der Waals surface area contributed by atoms with E-state index in [1.54, 1.807) is 0 Å². The SMILES string of the molecule is [Au+].[Au+].[Au+].[Au+].[C-]#Cc1ccc2c(c1)c1ccc(C#[C-])cc1n2C.[C-]#Cc1ccc2c(c1)c1ccc(C#[C-])cc1n2C.c1ccc([PH+](CCCC[PH+](c2ccccc2)c2ccccc2)c2ccccc2)cc1.c1ccc([PH+](CCCC[PH+](c2ccccc2)c2ccccc2)c2ccccc2)cc1. The Hall–Kier alpha value is -6.84. The first-order chi connectivity index (χ1) is 47.3. The normalized spacial score (nSPS) is 10.4. The second-order valence-corrected chi connectivity index (χ2v) is 34.2. The van der Waals surface area contributed by atoms with Crippen molar-refractivity contribution in [2.24, 2.45) is 14.1 Å². The van der Waals surface area contributed by atoms with Crippen LogP contribution in [0.1, 0.15) is 47.9 Å². The molecule has 0 aliphatic heterocycles. The molecule has 0 aliphatic carbocycles. The van der Waals surface area contributed by atoms with Crippen LogP contribution in [0.3, 0.4) is 0 Å². The minimum Gasteiger partial charge on any atom is -0.366 e. The number of unbranched alkanes of at least 4 members (excludes halogenated alkanes) is 2. The average molecular weight is 2100 g/mol. The third kappa shape index (κ3) is 21.2. The first-order valence-electron chi connectivity index (χ1n) is 32.9. The van der Waals surface area contributed by atoms with Crippen molar-refractivity contribution in [2.75, 3.05) is 24.6 Å². The van der Waals surface area contributed by atoms with Crippen LogP contribution in [-0.2, 0) is 104 Å². The number of aryl methyl sites for hydroxylation is 2. The first-order valence-corrected chi connectivity index (χ1v) is 39.8. The number of rotatable bonds is 18. The first kappa shape index (κ1) is 80.5. The summed E-state index contributed by atoms with van der Waals surface area (Å²) in [5.74, 6) is 9.64. The summed E-state index contributed by atoms with van der Waals surface area (Å²) in [6.07, 6.45) is 39.2. The minimum absolute atomic E-state index is 0. The summed E-state index contributed by atoms with van der Waals surface area (Å²) >= 11 is 0. The number of aromatic nitrogens is 2. The van der Waals surface area contributed by atoms with E-state index in [-0.39, 0.29) is 89.5 Å². The van der Waals surface area contributed by atoms with Crippen LogP contribution in [-0.4, -0.2) is 33.8 Å². The van der Waals surface area contributed by atoms with Gasteiger partial charge in [-0.25, -0.2) is 0 Å². The van der Waals surface area contributed by atoms with Crippen molar-refractivity contribution in [3.8, 4) is 23.7 Å². The second-order valence-electron chi connectivity index (χ2n) is 23.8. The molecule has 0 fully saturated rings. The molecule has 0 aliphatic rings. The van der Waals surface area contributed by atoms with Gasteiger partial charge >= 0.3 is 89.5 Å². The molecule has 100 heavy (non-hydrogen) atoms. The predicted octanol–water partition coefficient (Wildman–Crippen LogP) is 17.4. The van der Waals surface area contributed by atoms with Gasteiger partial charge in [0.05, 0.1) is 98.8 Å². The Labute approximate surface area is 661 Å². The van der Waals surface area contributed by atoms with Gasteiger partial charge in [0.15, 0.2) is 0 Å². The van der Waals surface area contributed by atoms with Crippen molar-refractivity contribution in [1.82, 2.24) is 9.13 Å². The maximum Gasteiger partial charge on any atom is 1.00 e. The van der Waals surface area contributed by atoms with E-state index >= 15 is 0 Å². The third-order valence-electron chi connectivity index (χ3n) is 17.8. The van der Waals surface area contributed by atoms with E-state index in [9.17, 15) is 0 Å². The number of fused-ring (bicyclic) bond motifs is 6. The Morgan fingerprint density at radius 3 is 0.620 bits per heavy atom. The van der Waals surface area contributed by atoms with Gasteiger partial charge in [0, 0.05) is 46.9 Å². The third-order valence-corrected chi connectivity index (χ3v) is 29.4. The fraction of sp³-hybridized carbons (Fsp3) is 0.111. The Bertz CT molecular complexity index is 4330. The van der Waals surface area contributed by atoms with Crippen molar-refractivity contribution in [3.05, 3.63) is 363 Å². The number of hydrogen-bond donors (Lipinski definition) is 0. The smallest absolute Gasteiger partial charge is 0.366 e. The van der Waals surface area contributed by atoms with Gasteiger partial charge in [0.2, 0.25) is 0 Å². The fourth-order valence-corrected chi connectivity index (χ4v) is 23.7. The summed E-state index contributed by atoms with van der Waals surface area (Å²) < 4.78 is 4.19. The minimum atomic E-state index is -0.714. The van der Waals surface area contributed by atoms with Crippen molar-refractivity contribution >= 4 is 118 Å². The Kier molecular flexibility index (Phi) is 33.7. The molecular weight excluding hydrogens is 2020 g/mol. The summed E-state index contributed by atoms with van der Waals surface area (Å²) in [5.41, 5.74) is 7.47. The van der Waals surface area contributed by atoms with Gasteiger partial charge in [0.25, 0.3) is 0 Å². The van der Waals surface area contributed by atoms with Crippen molar-refractivity contribution in [1.29, 1.82) is 0 Å². The van der Waals surface area contributed by atoms with Gasteiger partial charge in [0.1, 0.15) is 0 Å². The van der Waals surface area contributed by atoms with Crippen LogP contribution >= 0.6 is 31.7 Å². The van der Waals surface area contributed by atoms with Crippen LogP contribution in [0, 0.1) is 49.4 Å². The van der Waals surface area contributed by atoms with E-state index in [1.807, 2.05) is 86.9 Å². The zero-order valence-electron chi connectivity index (χ0n) is 55.8. The summed E-state index contributed by atoms with van der Waals surface area (Å²) in [7, 11) is 1.16. The molecule has 0 unspecified atom stereocenters. The Morgan fingerprint density at radius 1 is 0.230 bits per heavy atom. The average Bonchev–Trinajstić information content (AvgIpc) is 1.62. The monoisotopic (exact) mass is 2100 g/mol. The summed E-state index contributed by atoms with van der Waals surface area (Å²) in [6, 6.07) is 113. The number of nitrogens with zero attached hydrogens (tertiary/aromatic N) is 2. The van der Waals surface area contributed by atoms with Gasteiger partial charge < -0.3 is 34.8 Å². The molecule has 10 heteroatoms. The number of benzene rings is 12. The summed E-state index contributed by atoms with van der Waals surface area (Å²) in [6.45, 7) is 0. The maximum absolute atomic E-state index is 7.21. The molecule has 508 valence electrons. The van der Waals surface area contributed by atoms with Gasteiger partial charge in [-0.05, 0) is 134 Å². The van der Waals surface area contributed by atoms with E-state index in [0.717, 1.165) is 65.9 Å². The second kappa shape index (κ2) is 41.9. The van der Waals surface area contributed by atoms with Crippen LogP contribution < -0.4 is 42.4 Å². The molecule has 2 heterocycles. The molecule has 0 amide bonds. The molecule has 0 atom stereocenters. The molecule has 0 saturated heterocycles. The molecule has 2 nitrogen and oxygen atoms in total. The Morgan fingerprint density at radius 2 is 0.420 bits per heavy atom. The van der Waals surface area contributed by atoms with Gasteiger partial charge in [-0.15, -0.1) is 70.8 Å². The molecule has 0 N–H and O–H groups in total.